The summed E-state index contributed by atoms with van der Waals surface area (Å²) < 4.78 is 13.8. The van der Waals surface area contributed by atoms with Crippen molar-refractivity contribution in [3.8, 4) is 0 Å². The number of carbonyl (C=O) groups excluding carboxylic acids is 3. The average molecular weight is 825 g/mol. The van der Waals surface area contributed by atoms with Crippen LogP contribution in [0.15, 0.2) is 182 Å². The van der Waals surface area contributed by atoms with Crippen molar-refractivity contribution in [2.45, 2.75) is 11.2 Å². The SMILES string of the molecule is NC(=O)CN(CCOC(c1ccccc1)(c1ccccc1)c1ccccc1)C(=O)CN(CCOC(c1ccccc1)(c1ccccc1)c1ccccc1)C(=O)CBr. The lowest BCUT2D eigenvalue weighted by molar-refractivity contribution is -0.142. The third kappa shape index (κ3) is 9.57. The molecule has 0 radical (unpaired) electrons. The van der Waals surface area contributed by atoms with E-state index in [0.29, 0.717) is 0 Å². The molecule has 6 rings (SSSR count). The van der Waals surface area contributed by atoms with Gasteiger partial charge in [0.2, 0.25) is 17.7 Å². The van der Waals surface area contributed by atoms with Crippen LogP contribution in [0.2, 0.25) is 0 Å². The van der Waals surface area contributed by atoms with E-state index in [2.05, 4.69) is 15.9 Å². The number of carbonyl (C=O) groups is 3. The number of halogens is 1. The van der Waals surface area contributed by atoms with Gasteiger partial charge in [0.15, 0.2) is 0 Å². The Morgan fingerprint density at radius 3 is 0.947 bits per heavy atom. The summed E-state index contributed by atoms with van der Waals surface area (Å²) in [5, 5.41) is -0.00580. The summed E-state index contributed by atoms with van der Waals surface area (Å²) in [6.07, 6.45) is 0. The van der Waals surface area contributed by atoms with Gasteiger partial charge in [-0.15, -0.1) is 0 Å². The molecule has 0 aliphatic heterocycles. The van der Waals surface area contributed by atoms with Gasteiger partial charge in [0, 0.05) is 13.1 Å². The molecule has 0 aromatic heterocycles. The Morgan fingerprint density at radius 2 is 0.702 bits per heavy atom. The maximum atomic E-state index is 14.1. The molecule has 0 spiro atoms. The summed E-state index contributed by atoms with van der Waals surface area (Å²) in [4.78, 5) is 42.7. The molecule has 57 heavy (non-hydrogen) atoms. The number of benzene rings is 6. The van der Waals surface area contributed by atoms with E-state index in [0.717, 1.165) is 33.4 Å². The van der Waals surface area contributed by atoms with E-state index >= 15 is 0 Å². The van der Waals surface area contributed by atoms with Crippen LogP contribution in [0.3, 0.4) is 0 Å². The Labute approximate surface area is 343 Å². The minimum atomic E-state index is -1.02. The zero-order chi connectivity index (χ0) is 39.9. The Kier molecular flexibility index (Phi) is 14.2. The van der Waals surface area contributed by atoms with Gasteiger partial charge in [-0.3, -0.25) is 14.4 Å². The van der Waals surface area contributed by atoms with Gasteiger partial charge in [-0.2, -0.15) is 0 Å². The van der Waals surface area contributed by atoms with Crippen LogP contribution in [0.25, 0.3) is 0 Å². The first-order chi connectivity index (χ1) is 27.9. The predicted molar refractivity (Wildman–Crippen MR) is 226 cm³/mol. The van der Waals surface area contributed by atoms with Gasteiger partial charge < -0.3 is 25.0 Å². The lowest BCUT2D eigenvalue weighted by Gasteiger charge is -2.37. The Bertz CT molecular complexity index is 1970. The lowest BCUT2D eigenvalue weighted by Crippen LogP contribution is -2.48. The molecule has 0 bridgehead atoms. The standard InChI is InChI=1S/C48H46BrN3O5/c49-35-45(54)52(32-34-57-48(41-25-13-4-14-26-41,42-27-15-5-16-28-42)43-29-17-6-18-30-43)37-46(55)51(36-44(50)53)31-33-56-47(38-19-7-1-8-20-38,39-21-9-2-10-22-39)40-23-11-3-12-24-40/h1-30H,31-37H2,(H2,50,53). The fourth-order valence-corrected chi connectivity index (χ4v) is 7.63. The fourth-order valence-electron chi connectivity index (χ4n) is 7.27. The third-order valence-corrected chi connectivity index (χ3v) is 10.4. The van der Waals surface area contributed by atoms with E-state index < -0.39 is 23.0 Å². The lowest BCUT2D eigenvalue weighted by atomic mass is 9.80. The van der Waals surface area contributed by atoms with Crippen LogP contribution < -0.4 is 5.73 Å². The zero-order valence-corrected chi connectivity index (χ0v) is 33.2. The first-order valence-corrected chi connectivity index (χ1v) is 20.0. The van der Waals surface area contributed by atoms with Gasteiger partial charge in [-0.1, -0.05) is 198 Å². The van der Waals surface area contributed by atoms with Crippen molar-refractivity contribution in [1.29, 1.82) is 0 Å². The van der Waals surface area contributed by atoms with Gasteiger partial charge in [0.25, 0.3) is 0 Å². The largest absolute Gasteiger partial charge is 0.368 e. The normalized spacial score (nSPS) is 11.5. The first kappa shape index (κ1) is 40.8. The van der Waals surface area contributed by atoms with Crippen molar-refractivity contribution < 1.29 is 23.9 Å². The molecule has 0 heterocycles. The highest BCUT2D eigenvalue weighted by Crippen LogP contribution is 2.41. The Morgan fingerprint density at radius 1 is 0.439 bits per heavy atom. The van der Waals surface area contributed by atoms with E-state index in [1.807, 2.05) is 182 Å². The molecule has 0 fully saturated rings. The molecule has 0 unspecified atom stereocenters. The van der Waals surface area contributed by atoms with Crippen LogP contribution in [0.4, 0.5) is 0 Å². The summed E-state index contributed by atoms with van der Waals surface area (Å²) in [7, 11) is 0. The van der Waals surface area contributed by atoms with E-state index in [1.165, 1.54) is 9.80 Å². The molecular weight excluding hydrogens is 778 g/mol. The molecule has 6 aromatic rings. The minimum Gasteiger partial charge on any atom is -0.368 e. The van der Waals surface area contributed by atoms with E-state index in [1.54, 1.807) is 0 Å². The van der Waals surface area contributed by atoms with Gasteiger partial charge in [-0.25, -0.2) is 0 Å². The molecular formula is C48H46BrN3O5. The maximum absolute atomic E-state index is 14.1. The van der Waals surface area contributed by atoms with Crippen molar-refractivity contribution in [3.05, 3.63) is 215 Å². The smallest absolute Gasteiger partial charge is 0.242 e. The second-order valence-electron chi connectivity index (χ2n) is 13.5. The number of nitrogens with zero attached hydrogens (tertiary/aromatic N) is 2. The molecule has 6 aromatic carbocycles. The quantitative estimate of drug-likeness (QED) is 0.0673. The molecule has 3 amide bonds. The average Bonchev–Trinajstić information content (AvgIpc) is 3.27. The summed E-state index contributed by atoms with van der Waals surface area (Å²) >= 11 is 3.30. The summed E-state index contributed by atoms with van der Waals surface area (Å²) in [6.45, 7) is -0.342. The highest BCUT2D eigenvalue weighted by atomic mass is 79.9. The van der Waals surface area contributed by atoms with Gasteiger partial charge >= 0.3 is 0 Å². The summed E-state index contributed by atoms with van der Waals surface area (Å²) in [6, 6.07) is 59.6. The van der Waals surface area contributed by atoms with Crippen LogP contribution in [0.1, 0.15) is 33.4 Å². The molecule has 0 saturated carbocycles. The first-order valence-electron chi connectivity index (χ1n) is 18.9. The molecule has 290 valence electrons. The molecule has 2 N–H and O–H groups in total. The van der Waals surface area contributed by atoms with Crippen LogP contribution in [0.5, 0.6) is 0 Å². The predicted octanol–water partition coefficient (Wildman–Crippen LogP) is 7.54. The minimum absolute atomic E-state index is 0.00580. The number of hydrogen-bond donors (Lipinski definition) is 1. The highest BCUT2D eigenvalue weighted by Gasteiger charge is 2.39. The van der Waals surface area contributed by atoms with Gasteiger partial charge in [0.1, 0.15) is 11.2 Å². The van der Waals surface area contributed by atoms with Gasteiger partial charge in [-0.05, 0) is 33.4 Å². The molecule has 0 saturated heterocycles. The molecule has 0 aliphatic carbocycles. The number of amides is 3. The Balaban J connectivity index is 1.24. The van der Waals surface area contributed by atoms with Crippen molar-refractivity contribution >= 4 is 33.7 Å². The summed E-state index contributed by atoms with van der Waals surface area (Å²) in [5.74, 6) is -1.43. The topological polar surface area (TPSA) is 102 Å². The summed E-state index contributed by atoms with van der Waals surface area (Å²) in [5.41, 5.74) is 9.13. The molecule has 0 aliphatic rings. The van der Waals surface area contributed by atoms with Crippen molar-refractivity contribution in [2.24, 2.45) is 5.73 Å². The van der Waals surface area contributed by atoms with Crippen LogP contribution in [-0.4, -0.2) is 72.2 Å². The number of hydrogen-bond acceptors (Lipinski definition) is 5. The van der Waals surface area contributed by atoms with Crippen LogP contribution in [0, 0.1) is 0 Å². The molecule has 9 heteroatoms. The maximum Gasteiger partial charge on any atom is 0.242 e. The second-order valence-corrected chi connectivity index (χ2v) is 14.0. The van der Waals surface area contributed by atoms with E-state index in [4.69, 9.17) is 15.2 Å². The highest BCUT2D eigenvalue weighted by molar-refractivity contribution is 9.09. The van der Waals surface area contributed by atoms with Crippen molar-refractivity contribution in [2.75, 3.05) is 44.7 Å². The van der Waals surface area contributed by atoms with Crippen LogP contribution >= 0.6 is 15.9 Å². The number of nitrogens with two attached hydrogens (primary N) is 1. The van der Waals surface area contributed by atoms with Crippen LogP contribution in [-0.2, 0) is 35.1 Å². The number of alkyl halides is 1. The van der Waals surface area contributed by atoms with E-state index in [-0.39, 0.29) is 50.6 Å². The Hall–Kier alpha value is -5.87. The number of primary amides is 1. The molecule has 8 nitrogen and oxygen atoms in total. The van der Waals surface area contributed by atoms with Gasteiger partial charge in [0.05, 0.1) is 31.6 Å². The third-order valence-electron chi connectivity index (χ3n) is 9.93. The molecule has 0 atom stereocenters. The van der Waals surface area contributed by atoms with Crippen molar-refractivity contribution in [3.63, 3.8) is 0 Å². The monoisotopic (exact) mass is 823 g/mol. The van der Waals surface area contributed by atoms with Crippen molar-refractivity contribution in [1.82, 2.24) is 9.80 Å². The van der Waals surface area contributed by atoms with E-state index in [9.17, 15) is 14.4 Å². The second kappa shape index (κ2) is 19.8. The number of rotatable bonds is 19. The zero-order valence-electron chi connectivity index (χ0n) is 31.7. The fraction of sp³-hybridized carbons (Fsp3) is 0.188. The number of ether oxygens (including phenoxy) is 2.